The third-order valence-corrected chi connectivity index (χ3v) is 3.70. The number of aryl methyl sites for hydroxylation is 1. The number of hydrogen-bond acceptors (Lipinski definition) is 4. The summed E-state index contributed by atoms with van der Waals surface area (Å²) in [5, 5.41) is 17.6. The molecule has 0 unspecified atom stereocenters. The van der Waals surface area contributed by atoms with Crippen LogP contribution < -0.4 is 0 Å². The second kappa shape index (κ2) is 3.90. The van der Waals surface area contributed by atoms with Crippen LogP contribution >= 0.6 is 11.8 Å². The van der Waals surface area contributed by atoms with Crippen molar-refractivity contribution in [3.05, 3.63) is 5.82 Å². The van der Waals surface area contributed by atoms with Crippen LogP contribution in [0.5, 0.6) is 0 Å². The van der Waals surface area contributed by atoms with Gasteiger partial charge in [-0.25, -0.2) is 4.98 Å². The van der Waals surface area contributed by atoms with Crippen LogP contribution in [0.15, 0.2) is 5.16 Å². The summed E-state index contributed by atoms with van der Waals surface area (Å²) in [7, 11) is 0. The number of nitrogens with one attached hydrogen (secondary N) is 1. The van der Waals surface area contributed by atoms with Gasteiger partial charge in [0.15, 0.2) is 0 Å². The summed E-state index contributed by atoms with van der Waals surface area (Å²) in [6.07, 6.45) is 4.13. The quantitative estimate of drug-likeness (QED) is 0.747. The molecule has 1 aliphatic carbocycles. The molecule has 14 heavy (non-hydrogen) atoms. The minimum Gasteiger partial charge on any atom is -0.389 e. The van der Waals surface area contributed by atoms with Crippen molar-refractivity contribution in [1.29, 1.82) is 0 Å². The van der Waals surface area contributed by atoms with E-state index in [1.54, 1.807) is 0 Å². The molecule has 0 aromatic carbocycles. The van der Waals surface area contributed by atoms with Gasteiger partial charge in [0.05, 0.1) is 5.60 Å². The van der Waals surface area contributed by atoms with Crippen LogP contribution in [-0.2, 0) is 0 Å². The zero-order valence-electron chi connectivity index (χ0n) is 8.29. The maximum absolute atomic E-state index is 10.1. The van der Waals surface area contributed by atoms with Crippen LogP contribution in [0.1, 0.15) is 31.5 Å². The third kappa shape index (κ3) is 2.27. The van der Waals surface area contributed by atoms with E-state index >= 15 is 0 Å². The summed E-state index contributed by atoms with van der Waals surface area (Å²) < 4.78 is 0. The number of hydrogen-bond donors (Lipinski definition) is 2. The van der Waals surface area contributed by atoms with E-state index < -0.39 is 5.60 Å². The Hall–Kier alpha value is -0.550. The molecule has 1 fully saturated rings. The second-order valence-corrected chi connectivity index (χ2v) is 4.87. The molecule has 1 saturated carbocycles. The highest BCUT2D eigenvalue weighted by atomic mass is 32.2. The molecule has 0 saturated heterocycles. The predicted molar refractivity (Wildman–Crippen MR) is 55.3 cm³/mol. The summed E-state index contributed by atoms with van der Waals surface area (Å²) >= 11 is 1.53. The van der Waals surface area contributed by atoms with Crippen LogP contribution in [0.2, 0.25) is 0 Å². The van der Waals surface area contributed by atoms with Crippen molar-refractivity contribution in [2.45, 2.75) is 43.4 Å². The molecular weight excluding hydrogens is 198 g/mol. The van der Waals surface area contributed by atoms with E-state index in [1.165, 1.54) is 11.8 Å². The van der Waals surface area contributed by atoms with Crippen LogP contribution in [0.3, 0.4) is 0 Å². The van der Waals surface area contributed by atoms with Gasteiger partial charge >= 0.3 is 0 Å². The number of rotatable bonds is 3. The van der Waals surface area contributed by atoms with E-state index in [2.05, 4.69) is 15.2 Å². The van der Waals surface area contributed by atoms with Crippen molar-refractivity contribution in [3.8, 4) is 0 Å². The molecule has 0 atom stereocenters. The fourth-order valence-corrected chi connectivity index (χ4v) is 2.76. The Morgan fingerprint density at radius 3 is 2.79 bits per heavy atom. The number of nitrogens with zero attached hydrogens (tertiary/aromatic N) is 2. The van der Waals surface area contributed by atoms with E-state index in [1.807, 2.05) is 6.92 Å². The second-order valence-electron chi connectivity index (χ2n) is 3.92. The molecule has 0 spiro atoms. The fraction of sp³-hybridized carbons (Fsp3) is 0.778. The zero-order valence-corrected chi connectivity index (χ0v) is 9.10. The standard InChI is InChI=1S/C9H15N3OS/c1-7-10-8(12-11-7)14-6-9(13)4-2-3-5-9/h13H,2-6H2,1H3,(H,10,11,12). The highest BCUT2D eigenvalue weighted by Crippen LogP contribution is 2.33. The van der Waals surface area contributed by atoms with Gasteiger partial charge in [0.1, 0.15) is 5.82 Å². The molecule has 78 valence electrons. The van der Waals surface area contributed by atoms with Crippen LogP contribution in [0, 0.1) is 6.92 Å². The maximum Gasteiger partial charge on any atom is 0.208 e. The Morgan fingerprint density at radius 1 is 1.50 bits per heavy atom. The average Bonchev–Trinajstić information content (AvgIpc) is 2.73. The van der Waals surface area contributed by atoms with Crippen molar-refractivity contribution >= 4 is 11.8 Å². The van der Waals surface area contributed by atoms with Gasteiger partial charge in [-0.2, -0.15) is 0 Å². The summed E-state index contributed by atoms with van der Waals surface area (Å²) in [6, 6.07) is 0. The lowest BCUT2D eigenvalue weighted by Crippen LogP contribution is -2.27. The number of aromatic nitrogens is 3. The topological polar surface area (TPSA) is 61.8 Å². The van der Waals surface area contributed by atoms with Crippen molar-refractivity contribution in [2.24, 2.45) is 0 Å². The van der Waals surface area contributed by atoms with E-state index in [-0.39, 0.29) is 0 Å². The van der Waals surface area contributed by atoms with Gasteiger partial charge in [-0.3, -0.25) is 5.10 Å². The molecule has 1 aliphatic rings. The van der Waals surface area contributed by atoms with E-state index in [4.69, 9.17) is 0 Å². The zero-order chi connectivity index (χ0) is 10.0. The highest BCUT2D eigenvalue weighted by Gasteiger charge is 2.31. The molecular formula is C9H15N3OS. The first-order chi connectivity index (χ1) is 6.68. The van der Waals surface area contributed by atoms with Crippen molar-refractivity contribution in [2.75, 3.05) is 5.75 Å². The number of H-pyrrole nitrogens is 1. The minimum absolute atomic E-state index is 0.473. The Kier molecular flexibility index (Phi) is 2.78. The molecule has 0 bridgehead atoms. The molecule has 1 heterocycles. The molecule has 2 N–H and O–H groups in total. The molecule has 1 aromatic rings. The van der Waals surface area contributed by atoms with E-state index in [9.17, 15) is 5.11 Å². The first kappa shape index (κ1) is 9.98. The van der Waals surface area contributed by atoms with Gasteiger partial charge in [0.25, 0.3) is 0 Å². The maximum atomic E-state index is 10.1. The SMILES string of the molecule is Cc1nc(SCC2(O)CCCC2)n[nH]1. The highest BCUT2D eigenvalue weighted by molar-refractivity contribution is 7.99. The monoisotopic (exact) mass is 213 g/mol. The molecule has 0 radical (unpaired) electrons. The van der Waals surface area contributed by atoms with Crippen LogP contribution in [0.4, 0.5) is 0 Å². The Balaban J connectivity index is 1.87. The molecule has 1 aromatic heterocycles. The fourth-order valence-electron chi connectivity index (χ4n) is 1.76. The molecule has 4 nitrogen and oxygen atoms in total. The number of aromatic amines is 1. The Labute approximate surface area is 87.5 Å². The average molecular weight is 213 g/mol. The predicted octanol–water partition coefficient (Wildman–Crippen LogP) is 1.51. The van der Waals surface area contributed by atoms with Crippen LogP contribution in [-0.4, -0.2) is 31.6 Å². The smallest absolute Gasteiger partial charge is 0.208 e. The lowest BCUT2D eigenvalue weighted by molar-refractivity contribution is 0.0732. The summed E-state index contributed by atoms with van der Waals surface area (Å²) in [5.74, 6) is 1.54. The minimum atomic E-state index is -0.473. The van der Waals surface area contributed by atoms with Gasteiger partial charge in [0.2, 0.25) is 5.16 Å². The van der Waals surface area contributed by atoms with E-state index in [0.29, 0.717) is 5.75 Å². The van der Waals surface area contributed by atoms with Gasteiger partial charge in [-0.1, -0.05) is 24.6 Å². The van der Waals surface area contributed by atoms with Gasteiger partial charge in [-0.05, 0) is 19.8 Å². The van der Waals surface area contributed by atoms with Crippen molar-refractivity contribution in [3.63, 3.8) is 0 Å². The molecule has 0 amide bonds. The molecule has 5 heteroatoms. The first-order valence-corrected chi connectivity index (χ1v) is 5.91. The lowest BCUT2D eigenvalue weighted by atomic mass is 10.1. The largest absolute Gasteiger partial charge is 0.389 e. The van der Waals surface area contributed by atoms with Gasteiger partial charge in [0, 0.05) is 5.75 Å². The van der Waals surface area contributed by atoms with Gasteiger partial charge < -0.3 is 5.11 Å². The Morgan fingerprint density at radius 2 is 2.21 bits per heavy atom. The number of aliphatic hydroxyl groups is 1. The molecule has 0 aliphatic heterocycles. The molecule has 2 rings (SSSR count). The summed E-state index contributed by atoms with van der Waals surface area (Å²) in [6.45, 7) is 1.88. The first-order valence-electron chi connectivity index (χ1n) is 4.92. The van der Waals surface area contributed by atoms with Crippen molar-refractivity contribution in [1.82, 2.24) is 15.2 Å². The summed E-state index contributed by atoms with van der Waals surface area (Å²) in [5.41, 5.74) is -0.473. The third-order valence-electron chi connectivity index (χ3n) is 2.58. The van der Waals surface area contributed by atoms with Crippen molar-refractivity contribution < 1.29 is 5.11 Å². The van der Waals surface area contributed by atoms with E-state index in [0.717, 1.165) is 36.7 Å². The normalized spacial score (nSPS) is 20.1. The summed E-state index contributed by atoms with van der Waals surface area (Å²) in [4.78, 5) is 4.19. The van der Waals surface area contributed by atoms with Crippen LogP contribution in [0.25, 0.3) is 0 Å². The lowest BCUT2D eigenvalue weighted by Gasteiger charge is -2.20. The number of thioether (sulfide) groups is 1. The Bertz CT molecular complexity index is 307. The van der Waals surface area contributed by atoms with Gasteiger partial charge in [-0.15, -0.1) is 5.10 Å².